The van der Waals surface area contributed by atoms with E-state index in [1.165, 1.54) is 17.3 Å². The lowest BCUT2D eigenvalue weighted by atomic mass is 10.1. The molecule has 1 aliphatic heterocycles. The van der Waals surface area contributed by atoms with E-state index in [0.717, 1.165) is 10.5 Å². The Labute approximate surface area is 162 Å². The van der Waals surface area contributed by atoms with Crippen LogP contribution in [0.4, 0.5) is 5.69 Å². The van der Waals surface area contributed by atoms with Gasteiger partial charge in [0.2, 0.25) is 0 Å². The zero-order valence-corrected chi connectivity index (χ0v) is 15.2. The summed E-state index contributed by atoms with van der Waals surface area (Å²) in [5.41, 5.74) is 2.71. The number of aryl methyl sites for hydroxylation is 1. The topological polar surface area (TPSA) is 70.6 Å². The summed E-state index contributed by atoms with van der Waals surface area (Å²) in [6.07, 6.45) is 3.06. The first-order valence-electron chi connectivity index (χ1n) is 8.80. The van der Waals surface area contributed by atoms with Crippen molar-refractivity contribution in [3.05, 3.63) is 95.3 Å². The first kappa shape index (κ1) is 17.6. The van der Waals surface area contributed by atoms with Crippen molar-refractivity contribution in [3.8, 4) is 0 Å². The molecule has 2 aromatic carbocycles. The summed E-state index contributed by atoms with van der Waals surface area (Å²) in [6.45, 7) is 1.75. The van der Waals surface area contributed by atoms with Crippen molar-refractivity contribution in [3.63, 3.8) is 0 Å². The standard InChI is InChI=1S/C22H17N3O3/c1-15-5-4-6-17(13-15)24(20(26)16-9-11-23-12-10-16)14-25-21(27)18-7-2-3-8-19(18)22(25)28/h2-13H,14H2,1H3. The van der Waals surface area contributed by atoms with Gasteiger partial charge >= 0.3 is 0 Å². The lowest BCUT2D eigenvalue weighted by Gasteiger charge is -2.27. The SMILES string of the molecule is Cc1cccc(N(CN2C(=O)c3ccccc3C2=O)C(=O)c2ccncc2)c1. The summed E-state index contributed by atoms with van der Waals surface area (Å²) in [4.78, 5) is 45.2. The molecule has 3 aromatic rings. The molecule has 0 unspecified atom stereocenters. The quantitative estimate of drug-likeness (QED) is 0.660. The summed E-state index contributed by atoms with van der Waals surface area (Å²) in [5, 5.41) is 0. The molecular weight excluding hydrogens is 354 g/mol. The number of fused-ring (bicyclic) bond motifs is 1. The van der Waals surface area contributed by atoms with E-state index < -0.39 is 11.8 Å². The Hall–Kier alpha value is -3.80. The van der Waals surface area contributed by atoms with E-state index in [1.54, 1.807) is 42.5 Å². The number of carbonyl (C=O) groups excluding carboxylic acids is 3. The fraction of sp³-hybridized carbons (Fsp3) is 0.0909. The summed E-state index contributed by atoms with van der Waals surface area (Å²) in [7, 11) is 0. The number of hydrogen-bond donors (Lipinski definition) is 0. The molecule has 3 amide bonds. The number of aromatic nitrogens is 1. The Morgan fingerprint density at radius 3 is 2.18 bits per heavy atom. The first-order valence-corrected chi connectivity index (χ1v) is 8.80. The van der Waals surface area contributed by atoms with Crippen LogP contribution in [0.1, 0.15) is 36.6 Å². The molecule has 2 heterocycles. The lowest BCUT2D eigenvalue weighted by molar-refractivity contribution is 0.0650. The maximum atomic E-state index is 13.2. The molecule has 0 N–H and O–H groups in total. The van der Waals surface area contributed by atoms with Crippen LogP contribution in [0.3, 0.4) is 0 Å². The van der Waals surface area contributed by atoms with Crippen LogP contribution in [0.2, 0.25) is 0 Å². The Morgan fingerprint density at radius 2 is 1.57 bits per heavy atom. The van der Waals surface area contributed by atoms with Crippen molar-refractivity contribution in [2.45, 2.75) is 6.92 Å². The number of anilines is 1. The van der Waals surface area contributed by atoms with Crippen molar-refractivity contribution in [2.24, 2.45) is 0 Å². The van der Waals surface area contributed by atoms with E-state index in [4.69, 9.17) is 0 Å². The van der Waals surface area contributed by atoms with Crippen LogP contribution >= 0.6 is 0 Å². The molecule has 0 aliphatic carbocycles. The number of benzene rings is 2. The van der Waals surface area contributed by atoms with Crippen LogP contribution in [0.15, 0.2) is 73.1 Å². The second-order valence-electron chi connectivity index (χ2n) is 6.53. The van der Waals surface area contributed by atoms with Crippen LogP contribution in [-0.2, 0) is 0 Å². The Bertz CT molecular complexity index is 1040. The van der Waals surface area contributed by atoms with Crippen LogP contribution in [0, 0.1) is 6.92 Å². The Morgan fingerprint density at radius 1 is 0.929 bits per heavy atom. The van der Waals surface area contributed by atoms with E-state index in [0.29, 0.717) is 22.4 Å². The summed E-state index contributed by atoms with van der Waals surface area (Å²) in [5.74, 6) is -1.12. The number of hydrogen-bond acceptors (Lipinski definition) is 4. The van der Waals surface area contributed by atoms with Crippen molar-refractivity contribution < 1.29 is 14.4 Å². The van der Waals surface area contributed by atoms with E-state index in [2.05, 4.69) is 4.98 Å². The third kappa shape index (κ3) is 3.05. The number of nitrogens with zero attached hydrogens (tertiary/aromatic N) is 3. The van der Waals surface area contributed by atoms with Gasteiger partial charge in [-0.25, -0.2) is 0 Å². The normalized spacial score (nSPS) is 12.8. The third-order valence-corrected chi connectivity index (χ3v) is 4.65. The molecule has 138 valence electrons. The highest BCUT2D eigenvalue weighted by atomic mass is 16.2. The maximum Gasteiger partial charge on any atom is 0.263 e. The predicted molar refractivity (Wildman–Crippen MR) is 104 cm³/mol. The molecular formula is C22H17N3O3. The van der Waals surface area contributed by atoms with Crippen LogP contribution in [0.5, 0.6) is 0 Å². The van der Waals surface area contributed by atoms with Crippen molar-refractivity contribution >= 4 is 23.4 Å². The van der Waals surface area contributed by atoms with Gasteiger partial charge in [-0.2, -0.15) is 0 Å². The van der Waals surface area contributed by atoms with Gasteiger partial charge in [-0.1, -0.05) is 24.3 Å². The minimum Gasteiger partial charge on any atom is -0.290 e. The fourth-order valence-electron chi connectivity index (χ4n) is 3.22. The number of carbonyl (C=O) groups is 3. The van der Waals surface area contributed by atoms with Gasteiger partial charge in [-0.3, -0.25) is 29.2 Å². The molecule has 1 aliphatic rings. The Kier molecular flexibility index (Phi) is 4.45. The highest BCUT2D eigenvalue weighted by Crippen LogP contribution is 2.25. The van der Waals surface area contributed by atoms with Gasteiger partial charge in [0.05, 0.1) is 11.1 Å². The highest BCUT2D eigenvalue weighted by molar-refractivity contribution is 6.22. The fourth-order valence-corrected chi connectivity index (χ4v) is 3.22. The van der Waals surface area contributed by atoms with E-state index >= 15 is 0 Å². The van der Waals surface area contributed by atoms with Gasteiger partial charge in [0.25, 0.3) is 17.7 Å². The molecule has 0 spiro atoms. The largest absolute Gasteiger partial charge is 0.290 e. The summed E-state index contributed by atoms with van der Waals surface area (Å²) < 4.78 is 0. The van der Waals surface area contributed by atoms with Gasteiger partial charge in [-0.05, 0) is 48.9 Å². The molecule has 0 bridgehead atoms. The van der Waals surface area contributed by atoms with Crippen LogP contribution in [0.25, 0.3) is 0 Å². The molecule has 0 radical (unpaired) electrons. The number of pyridine rings is 1. The van der Waals surface area contributed by atoms with Crippen molar-refractivity contribution in [2.75, 3.05) is 11.6 Å². The average Bonchev–Trinajstić information content (AvgIpc) is 2.97. The third-order valence-electron chi connectivity index (χ3n) is 4.65. The lowest BCUT2D eigenvalue weighted by Crippen LogP contribution is -2.44. The molecule has 1 aromatic heterocycles. The molecule has 0 fully saturated rings. The number of amides is 3. The van der Waals surface area contributed by atoms with E-state index in [-0.39, 0.29) is 12.6 Å². The van der Waals surface area contributed by atoms with E-state index in [1.807, 2.05) is 25.1 Å². The molecule has 6 nitrogen and oxygen atoms in total. The smallest absolute Gasteiger partial charge is 0.263 e. The minimum absolute atomic E-state index is 0.170. The maximum absolute atomic E-state index is 13.2. The summed E-state index contributed by atoms with van der Waals surface area (Å²) >= 11 is 0. The molecule has 4 rings (SSSR count). The van der Waals surface area contributed by atoms with E-state index in [9.17, 15) is 14.4 Å². The second kappa shape index (κ2) is 7.08. The number of rotatable bonds is 4. The monoisotopic (exact) mass is 371 g/mol. The zero-order valence-electron chi connectivity index (χ0n) is 15.2. The van der Waals surface area contributed by atoms with Crippen molar-refractivity contribution in [1.29, 1.82) is 0 Å². The van der Waals surface area contributed by atoms with Crippen molar-refractivity contribution in [1.82, 2.24) is 9.88 Å². The molecule has 6 heteroatoms. The second-order valence-corrected chi connectivity index (χ2v) is 6.53. The average molecular weight is 371 g/mol. The molecule has 28 heavy (non-hydrogen) atoms. The zero-order chi connectivity index (χ0) is 19.7. The minimum atomic E-state index is -0.402. The highest BCUT2D eigenvalue weighted by Gasteiger charge is 2.37. The van der Waals surface area contributed by atoms with Crippen LogP contribution < -0.4 is 4.90 Å². The first-order chi connectivity index (χ1) is 13.6. The van der Waals surface area contributed by atoms with Gasteiger partial charge in [0.1, 0.15) is 6.67 Å². The van der Waals surface area contributed by atoms with Gasteiger partial charge in [0.15, 0.2) is 0 Å². The molecule has 0 saturated carbocycles. The summed E-state index contributed by atoms with van der Waals surface area (Å²) in [6, 6.07) is 17.3. The molecule has 0 atom stereocenters. The van der Waals surface area contributed by atoms with Gasteiger partial charge < -0.3 is 0 Å². The number of imide groups is 1. The molecule has 0 saturated heterocycles. The van der Waals surface area contributed by atoms with Gasteiger partial charge in [-0.15, -0.1) is 0 Å². The Balaban J connectivity index is 1.72. The van der Waals surface area contributed by atoms with Crippen LogP contribution in [-0.4, -0.2) is 34.3 Å². The predicted octanol–water partition coefficient (Wildman–Crippen LogP) is 3.29. The van der Waals surface area contributed by atoms with Gasteiger partial charge in [0, 0.05) is 23.6 Å².